The third kappa shape index (κ3) is 7.53. The summed E-state index contributed by atoms with van der Waals surface area (Å²) in [5.41, 5.74) is 0.460. The van der Waals surface area contributed by atoms with E-state index in [0.717, 1.165) is 17.2 Å². The van der Waals surface area contributed by atoms with Crippen molar-refractivity contribution in [3.8, 4) is 11.5 Å². The standard InChI is InChI=1S/C21H33N3O6/c1-21(2,3)30-19(25)22-7-6-12-29-20(26)24-10-8-23(9-11-24)16-13-17(27-4)15-18(14-16)28-5/h13-15H,6-12H2,1-5H3,(H,22,25). The third-order valence-electron chi connectivity index (χ3n) is 4.45. The van der Waals surface area contributed by atoms with Gasteiger partial charge in [0.05, 0.1) is 20.8 Å². The molecule has 168 valence electrons. The van der Waals surface area contributed by atoms with Crippen LogP contribution in [0.5, 0.6) is 11.5 Å². The number of piperazine rings is 1. The van der Waals surface area contributed by atoms with E-state index >= 15 is 0 Å². The third-order valence-corrected chi connectivity index (χ3v) is 4.45. The van der Waals surface area contributed by atoms with Crippen LogP contribution in [-0.4, -0.2) is 76.2 Å². The van der Waals surface area contributed by atoms with Gasteiger partial charge < -0.3 is 34.1 Å². The van der Waals surface area contributed by atoms with Gasteiger partial charge in [-0.25, -0.2) is 9.59 Å². The minimum atomic E-state index is -0.533. The zero-order chi connectivity index (χ0) is 22.1. The average Bonchev–Trinajstić information content (AvgIpc) is 2.71. The number of benzene rings is 1. The topological polar surface area (TPSA) is 89.6 Å². The van der Waals surface area contributed by atoms with Crippen molar-refractivity contribution in [1.82, 2.24) is 10.2 Å². The van der Waals surface area contributed by atoms with Crippen molar-refractivity contribution in [3.05, 3.63) is 18.2 Å². The molecule has 2 amide bonds. The van der Waals surface area contributed by atoms with E-state index < -0.39 is 11.7 Å². The number of anilines is 1. The summed E-state index contributed by atoms with van der Waals surface area (Å²) >= 11 is 0. The minimum absolute atomic E-state index is 0.238. The van der Waals surface area contributed by atoms with Crippen molar-refractivity contribution in [2.45, 2.75) is 32.8 Å². The van der Waals surface area contributed by atoms with E-state index in [1.807, 2.05) is 18.2 Å². The molecule has 0 aliphatic carbocycles. The summed E-state index contributed by atoms with van der Waals surface area (Å²) < 4.78 is 21.1. The number of carbonyl (C=O) groups is 2. The highest BCUT2D eigenvalue weighted by molar-refractivity contribution is 5.68. The Hall–Kier alpha value is -2.84. The zero-order valence-electron chi connectivity index (χ0n) is 18.5. The molecule has 1 aromatic rings. The molecule has 0 atom stereocenters. The molecule has 9 nitrogen and oxygen atoms in total. The SMILES string of the molecule is COc1cc(OC)cc(N2CCN(C(=O)OCCCNC(=O)OC(C)(C)C)CC2)c1. The molecule has 1 N–H and O–H groups in total. The number of rotatable bonds is 7. The molecule has 0 spiro atoms. The van der Waals surface area contributed by atoms with Crippen LogP contribution in [0.2, 0.25) is 0 Å². The first-order chi connectivity index (χ1) is 14.2. The van der Waals surface area contributed by atoms with Crippen LogP contribution in [0.25, 0.3) is 0 Å². The van der Waals surface area contributed by atoms with Gasteiger partial charge in [-0.1, -0.05) is 0 Å². The summed E-state index contributed by atoms with van der Waals surface area (Å²) in [6.45, 7) is 8.53. The summed E-state index contributed by atoms with van der Waals surface area (Å²) in [7, 11) is 3.24. The number of hydrogen-bond donors (Lipinski definition) is 1. The van der Waals surface area contributed by atoms with Crippen molar-refractivity contribution in [1.29, 1.82) is 0 Å². The molecule has 1 fully saturated rings. The van der Waals surface area contributed by atoms with Crippen LogP contribution in [0.1, 0.15) is 27.2 Å². The maximum absolute atomic E-state index is 12.3. The predicted octanol–water partition coefficient (Wildman–Crippen LogP) is 2.88. The number of nitrogens with one attached hydrogen (secondary N) is 1. The fourth-order valence-corrected chi connectivity index (χ4v) is 2.95. The Morgan fingerprint density at radius 2 is 1.60 bits per heavy atom. The van der Waals surface area contributed by atoms with Gasteiger partial charge in [0.25, 0.3) is 0 Å². The highest BCUT2D eigenvalue weighted by Crippen LogP contribution is 2.29. The van der Waals surface area contributed by atoms with Crippen LogP contribution in [0, 0.1) is 0 Å². The number of hydrogen-bond acceptors (Lipinski definition) is 7. The Morgan fingerprint density at radius 3 is 2.13 bits per heavy atom. The minimum Gasteiger partial charge on any atom is -0.497 e. The van der Waals surface area contributed by atoms with Crippen LogP contribution in [-0.2, 0) is 9.47 Å². The van der Waals surface area contributed by atoms with Crippen LogP contribution in [0.15, 0.2) is 18.2 Å². The molecule has 0 unspecified atom stereocenters. The van der Waals surface area contributed by atoms with Gasteiger partial charge in [0.15, 0.2) is 0 Å². The lowest BCUT2D eigenvalue weighted by Gasteiger charge is -2.35. The number of nitrogens with zero attached hydrogens (tertiary/aromatic N) is 2. The summed E-state index contributed by atoms with van der Waals surface area (Å²) in [4.78, 5) is 27.7. The first kappa shape index (κ1) is 23.4. The van der Waals surface area contributed by atoms with Gasteiger partial charge in [-0.15, -0.1) is 0 Å². The highest BCUT2D eigenvalue weighted by atomic mass is 16.6. The Bertz CT molecular complexity index is 689. The maximum Gasteiger partial charge on any atom is 0.409 e. The second kappa shape index (κ2) is 10.8. The number of methoxy groups -OCH3 is 2. The van der Waals surface area contributed by atoms with E-state index in [1.54, 1.807) is 39.9 Å². The highest BCUT2D eigenvalue weighted by Gasteiger charge is 2.23. The van der Waals surface area contributed by atoms with Gasteiger partial charge in [0, 0.05) is 56.6 Å². The average molecular weight is 424 g/mol. The van der Waals surface area contributed by atoms with Crippen molar-refractivity contribution in [2.75, 3.05) is 58.5 Å². The predicted molar refractivity (Wildman–Crippen MR) is 114 cm³/mol. The fourth-order valence-electron chi connectivity index (χ4n) is 2.95. The summed E-state index contributed by atoms with van der Waals surface area (Å²) in [6.07, 6.45) is -0.288. The molecule has 0 aromatic heterocycles. The smallest absolute Gasteiger partial charge is 0.409 e. The van der Waals surface area contributed by atoms with E-state index in [-0.39, 0.29) is 12.7 Å². The normalized spacial score (nSPS) is 14.2. The molecule has 0 saturated carbocycles. The van der Waals surface area contributed by atoms with Gasteiger partial charge in [0.2, 0.25) is 0 Å². The molecule has 2 rings (SSSR count). The number of carbonyl (C=O) groups excluding carboxylic acids is 2. The Labute approximate surface area is 178 Å². The molecule has 0 bridgehead atoms. The quantitative estimate of drug-likeness (QED) is 0.675. The molecular formula is C21H33N3O6. The number of alkyl carbamates (subject to hydrolysis) is 1. The molecule has 1 saturated heterocycles. The van der Waals surface area contributed by atoms with E-state index in [9.17, 15) is 9.59 Å². The van der Waals surface area contributed by atoms with Gasteiger partial charge in [-0.3, -0.25) is 0 Å². The van der Waals surface area contributed by atoms with E-state index in [1.165, 1.54) is 0 Å². The molecule has 1 aromatic carbocycles. The van der Waals surface area contributed by atoms with Crippen molar-refractivity contribution >= 4 is 17.9 Å². The molecule has 30 heavy (non-hydrogen) atoms. The largest absolute Gasteiger partial charge is 0.497 e. The summed E-state index contributed by atoms with van der Waals surface area (Å²) in [6, 6.07) is 5.73. The Kier molecular flexibility index (Phi) is 8.44. The summed E-state index contributed by atoms with van der Waals surface area (Å²) in [5, 5.41) is 2.64. The van der Waals surface area contributed by atoms with Crippen LogP contribution in [0.3, 0.4) is 0 Å². The van der Waals surface area contributed by atoms with E-state index in [2.05, 4.69) is 10.2 Å². The molecule has 1 heterocycles. The van der Waals surface area contributed by atoms with Crippen molar-refractivity contribution < 1.29 is 28.5 Å². The van der Waals surface area contributed by atoms with E-state index in [4.69, 9.17) is 18.9 Å². The van der Waals surface area contributed by atoms with Crippen LogP contribution < -0.4 is 19.7 Å². The van der Waals surface area contributed by atoms with Gasteiger partial charge in [-0.05, 0) is 27.2 Å². The first-order valence-corrected chi connectivity index (χ1v) is 10.1. The molecule has 0 radical (unpaired) electrons. The lowest BCUT2D eigenvalue weighted by atomic mass is 10.2. The Morgan fingerprint density at radius 1 is 1.00 bits per heavy atom. The van der Waals surface area contributed by atoms with E-state index in [0.29, 0.717) is 39.1 Å². The Balaban J connectivity index is 1.70. The lowest BCUT2D eigenvalue weighted by molar-refractivity contribution is 0.0522. The van der Waals surface area contributed by atoms with Crippen molar-refractivity contribution in [3.63, 3.8) is 0 Å². The number of ether oxygens (including phenoxy) is 4. The maximum atomic E-state index is 12.3. The van der Waals surface area contributed by atoms with Crippen molar-refractivity contribution in [2.24, 2.45) is 0 Å². The second-order valence-corrected chi connectivity index (χ2v) is 7.94. The fraction of sp³-hybridized carbons (Fsp3) is 0.619. The monoisotopic (exact) mass is 423 g/mol. The zero-order valence-corrected chi connectivity index (χ0v) is 18.5. The molecule has 1 aliphatic heterocycles. The second-order valence-electron chi connectivity index (χ2n) is 7.94. The van der Waals surface area contributed by atoms with Gasteiger partial charge in [0.1, 0.15) is 17.1 Å². The van der Waals surface area contributed by atoms with Gasteiger partial charge in [-0.2, -0.15) is 0 Å². The molecule has 9 heteroatoms. The van der Waals surface area contributed by atoms with Crippen LogP contribution in [0.4, 0.5) is 15.3 Å². The summed E-state index contributed by atoms with van der Waals surface area (Å²) in [5.74, 6) is 1.46. The van der Waals surface area contributed by atoms with Gasteiger partial charge >= 0.3 is 12.2 Å². The first-order valence-electron chi connectivity index (χ1n) is 10.1. The molecular weight excluding hydrogens is 390 g/mol. The van der Waals surface area contributed by atoms with Crippen LogP contribution >= 0.6 is 0 Å². The number of amides is 2. The lowest BCUT2D eigenvalue weighted by Crippen LogP contribution is -2.49. The molecule has 1 aliphatic rings.